The van der Waals surface area contributed by atoms with Crippen LogP contribution in [0.5, 0.6) is 11.5 Å². The summed E-state index contributed by atoms with van der Waals surface area (Å²) in [6.07, 6.45) is 0.921. The smallest absolute Gasteiger partial charge is 0.262 e. The molecule has 2 aromatic rings. The van der Waals surface area contributed by atoms with Crippen molar-refractivity contribution < 1.29 is 22.7 Å². The fourth-order valence-corrected chi connectivity index (χ4v) is 5.03. The number of anilines is 1. The quantitative estimate of drug-likeness (QED) is 0.630. The summed E-state index contributed by atoms with van der Waals surface area (Å²) in [7, 11) is -0.949. The largest absolute Gasteiger partial charge is 0.493 e. The maximum absolute atomic E-state index is 13.1. The summed E-state index contributed by atoms with van der Waals surface area (Å²) in [6, 6.07) is 11.0. The SMILES string of the molecule is COc1ccc(S(=O)(=O)Nc2cccc(C(=O)N3CCCN(CC(C)C)CC3)c2)cc1OC. The Labute approximate surface area is 196 Å². The number of carbonyl (C=O) groups is 1. The fourth-order valence-electron chi connectivity index (χ4n) is 3.97. The predicted octanol–water partition coefficient (Wildman–Crippen LogP) is 3.31. The van der Waals surface area contributed by atoms with Gasteiger partial charge in [0.1, 0.15) is 0 Å². The second-order valence-electron chi connectivity index (χ2n) is 8.54. The zero-order valence-electron chi connectivity index (χ0n) is 19.7. The molecule has 1 saturated heterocycles. The normalized spacial score (nSPS) is 15.2. The zero-order chi connectivity index (χ0) is 24.0. The summed E-state index contributed by atoms with van der Waals surface area (Å²) in [5.41, 5.74) is 0.784. The standard InChI is InChI=1S/C24H33N3O5S/c1-18(2)17-26-11-6-12-27(14-13-26)24(28)19-7-5-8-20(15-19)25-33(29,30)21-9-10-22(31-3)23(16-21)32-4/h5,7-10,15-16,18,25H,6,11-14,17H2,1-4H3. The van der Waals surface area contributed by atoms with Crippen molar-refractivity contribution >= 4 is 21.6 Å². The molecule has 180 valence electrons. The molecule has 0 spiro atoms. The molecule has 0 aliphatic carbocycles. The number of carbonyl (C=O) groups excluding carboxylic acids is 1. The highest BCUT2D eigenvalue weighted by atomic mass is 32.2. The van der Waals surface area contributed by atoms with E-state index in [4.69, 9.17) is 9.47 Å². The van der Waals surface area contributed by atoms with Crippen LogP contribution in [0.4, 0.5) is 5.69 Å². The summed E-state index contributed by atoms with van der Waals surface area (Å²) in [5.74, 6) is 1.25. The minimum absolute atomic E-state index is 0.0367. The second kappa shape index (κ2) is 10.9. The van der Waals surface area contributed by atoms with E-state index in [9.17, 15) is 13.2 Å². The lowest BCUT2D eigenvalue weighted by atomic mass is 10.1. The molecule has 0 aromatic heterocycles. The molecule has 2 aromatic carbocycles. The number of hydrogen-bond donors (Lipinski definition) is 1. The van der Waals surface area contributed by atoms with Gasteiger partial charge in [0.2, 0.25) is 0 Å². The van der Waals surface area contributed by atoms with Gasteiger partial charge in [-0.1, -0.05) is 19.9 Å². The first kappa shape index (κ1) is 24.9. The van der Waals surface area contributed by atoms with Crippen LogP contribution < -0.4 is 14.2 Å². The number of ether oxygens (including phenoxy) is 2. The van der Waals surface area contributed by atoms with Crippen molar-refractivity contribution in [2.24, 2.45) is 5.92 Å². The number of hydrogen-bond acceptors (Lipinski definition) is 6. The van der Waals surface area contributed by atoms with E-state index in [1.54, 1.807) is 24.3 Å². The van der Waals surface area contributed by atoms with Crippen molar-refractivity contribution in [2.45, 2.75) is 25.2 Å². The summed E-state index contributed by atoms with van der Waals surface area (Å²) < 4.78 is 38.8. The molecule has 0 bridgehead atoms. The maximum atomic E-state index is 13.1. The summed E-state index contributed by atoms with van der Waals surface area (Å²) in [4.78, 5) is 17.4. The van der Waals surface area contributed by atoms with Gasteiger partial charge >= 0.3 is 0 Å². The topological polar surface area (TPSA) is 88.2 Å². The minimum atomic E-state index is -3.88. The first-order valence-corrected chi connectivity index (χ1v) is 12.6. The Kier molecular flexibility index (Phi) is 8.20. The molecule has 1 aliphatic rings. The molecular weight excluding hydrogens is 442 g/mol. The van der Waals surface area contributed by atoms with Crippen molar-refractivity contribution in [3.63, 3.8) is 0 Å². The Bertz CT molecular complexity index is 1070. The summed E-state index contributed by atoms with van der Waals surface area (Å²) in [6.45, 7) is 8.59. The Morgan fingerprint density at radius 1 is 1.00 bits per heavy atom. The highest BCUT2D eigenvalue weighted by Gasteiger charge is 2.22. The molecular formula is C24H33N3O5S. The van der Waals surface area contributed by atoms with Crippen LogP contribution in [0.15, 0.2) is 47.4 Å². The third-order valence-corrected chi connectivity index (χ3v) is 6.91. The van der Waals surface area contributed by atoms with Crippen LogP contribution in [0.3, 0.4) is 0 Å². The average molecular weight is 476 g/mol. The van der Waals surface area contributed by atoms with Crippen molar-refractivity contribution in [1.82, 2.24) is 9.80 Å². The molecule has 0 radical (unpaired) electrons. The number of benzene rings is 2. The van der Waals surface area contributed by atoms with Crippen LogP contribution in [0.25, 0.3) is 0 Å². The van der Waals surface area contributed by atoms with Crippen molar-refractivity contribution in [3.8, 4) is 11.5 Å². The maximum Gasteiger partial charge on any atom is 0.262 e. The first-order chi connectivity index (χ1) is 15.7. The molecule has 0 saturated carbocycles. The second-order valence-corrected chi connectivity index (χ2v) is 10.2. The van der Waals surface area contributed by atoms with Gasteiger partial charge in [-0.05, 0) is 49.2 Å². The van der Waals surface area contributed by atoms with Crippen molar-refractivity contribution in [1.29, 1.82) is 0 Å². The van der Waals surface area contributed by atoms with E-state index in [2.05, 4.69) is 23.5 Å². The minimum Gasteiger partial charge on any atom is -0.493 e. The Balaban J connectivity index is 1.73. The molecule has 8 nitrogen and oxygen atoms in total. The molecule has 1 amide bonds. The van der Waals surface area contributed by atoms with E-state index in [1.165, 1.54) is 32.4 Å². The predicted molar refractivity (Wildman–Crippen MR) is 129 cm³/mol. The van der Waals surface area contributed by atoms with Gasteiger partial charge in [0.05, 0.1) is 19.1 Å². The number of nitrogens with one attached hydrogen (secondary N) is 1. The van der Waals surface area contributed by atoms with Crippen LogP contribution in [0.1, 0.15) is 30.6 Å². The molecule has 1 heterocycles. The number of methoxy groups -OCH3 is 2. The average Bonchev–Trinajstić information content (AvgIpc) is 3.03. The lowest BCUT2D eigenvalue weighted by Crippen LogP contribution is -2.36. The fraction of sp³-hybridized carbons (Fsp3) is 0.458. The number of sulfonamides is 1. The molecule has 0 unspecified atom stereocenters. The molecule has 3 rings (SSSR count). The van der Waals surface area contributed by atoms with E-state index >= 15 is 0 Å². The molecule has 1 fully saturated rings. The molecule has 1 aliphatic heterocycles. The van der Waals surface area contributed by atoms with Crippen molar-refractivity contribution in [3.05, 3.63) is 48.0 Å². The Morgan fingerprint density at radius 2 is 1.76 bits per heavy atom. The molecule has 9 heteroatoms. The van der Waals surface area contributed by atoms with E-state index in [0.29, 0.717) is 41.8 Å². The monoisotopic (exact) mass is 475 g/mol. The van der Waals surface area contributed by atoms with Gasteiger partial charge in [0, 0.05) is 43.5 Å². The third-order valence-electron chi connectivity index (χ3n) is 5.53. The third kappa shape index (κ3) is 6.39. The van der Waals surface area contributed by atoms with E-state index in [-0.39, 0.29) is 10.8 Å². The van der Waals surface area contributed by atoms with Gasteiger partial charge in [-0.25, -0.2) is 8.42 Å². The number of rotatable bonds is 8. The zero-order valence-corrected chi connectivity index (χ0v) is 20.5. The van der Waals surface area contributed by atoms with E-state index in [0.717, 1.165) is 26.1 Å². The lowest BCUT2D eigenvalue weighted by Gasteiger charge is -2.23. The number of nitrogens with zero attached hydrogens (tertiary/aromatic N) is 2. The van der Waals surface area contributed by atoms with Crippen molar-refractivity contribution in [2.75, 3.05) is 51.7 Å². The van der Waals surface area contributed by atoms with Gasteiger partial charge in [-0.15, -0.1) is 0 Å². The van der Waals surface area contributed by atoms with Gasteiger partial charge in [0.25, 0.3) is 15.9 Å². The Hall–Kier alpha value is -2.78. The van der Waals surface area contributed by atoms with Crippen LogP contribution in [-0.2, 0) is 10.0 Å². The number of amides is 1. The summed E-state index contributed by atoms with van der Waals surface area (Å²) in [5, 5.41) is 0. The van der Waals surface area contributed by atoms with Crippen LogP contribution in [0, 0.1) is 5.92 Å². The van der Waals surface area contributed by atoms with Gasteiger partial charge in [0.15, 0.2) is 11.5 Å². The van der Waals surface area contributed by atoms with Gasteiger partial charge in [-0.3, -0.25) is 9.52 Å². The Morgan fingerprint density at radius 3 is 2.45 bits per heavy atom. The van der Waals surface area contributed by atoms with Gasteiger partial charge < -0.3 is 19.3 Å². The first-order valence-electron chi connectivity index (χ1n) is 11.1. The van der Waals surface area contributed by atoms with Crippen LogP contribution in [-0.4, -0.2) is 71.1 Å². The van der Waals surface area contributed by atoms with E-state index < -0.39 is 10.0 Å². The highest BCUT2D eigenvalue weighted by molar-refractivity contribution is 7.92. The lowest BCUT2D eigenvalue weighted by molar-refractivity contribution is 0.0761. The molecule has 1 N–H and O–H groups in total. The van der Waals surface area contributed by atoms with Crippen LogP contribution >= 0.6 is 0 Å². The highest BCUT2D eigenvalue weighted by Crippen LogP contribution is 2.30. The van der Waals surface area contributed by atoms with E-state index in [1.807, 2.05) is 4.90 Å². The molecule has 0 atom stereocenters. The van der Waals surface area contributed by atoms with Gasteiger partial charge in [-0.2, -0.15) is 0 Å². The molecule has 33 heavy (non-hydrogen) atoms. The van der Waals surface area contributed by atoms with Crippen LogP contribution in [0.2, 0.25) is 0 Å². The summed E-state index contributed by atoms with van der Waals surface area (Å²) >= 11 is 0.